The SMILES string of the molecule is CN(C)C(=O)c1ccc(CNC(=O)c2csc(-c3ccc(Cl)cc3)n2)cc1. The Hall–Kier alpha value is -2.70. The summed E-state index contributed by atoms with van der Waals surface area (Å²) in [4.78, 5) is 30.1. The predicted molar refractivity (Wildman–Crippen MR) is 108 cm³/mol. The van der Waals surface area contributed by atoms with Crippen molar-refractivity contribution in [2.24, 2.45) is 0 Å². The second kappa shape index (κ2) is 8.33. The molecule has 138 valence electrons. The number of hydrogen-bond donors (Lipinski definition) is 1. The van der Waals surface area contributed by atoms with Gasteiger partial charge >= 0.3 is 0 Å². The van der Waals surface area contributed by atoms with Gasteiger partial charge in [-0.15, -0.1) is 11.3 Å². The largest absolute Gasteiger partial charge is 0.347 e. The van der Waals surface area contributed by atoms with Crippen LogP contribution in [-0.4, -0.2) is 35.8 Å². The fourth-order valence-corrected chi connectivity index (χ4v) is 3.33. The molecule has 5 nitrogen and oxygen atoms in total. The molecule has 3 rings (SSSR count). The van der Waals surface area contributed by atoms with E-state index in [9.17, 15) is 9.59 Å². The first-order valence-electron chi connectivity index (χ1n) is 8.24. The third kappa shape index (κ3) is 4.72. The number of carbonyl (C=O) groups is 2. The number of hydrogen-bond acceptors (Lipinski definition) is 4. The van der Waals surface area contributed by atoms with E-state index in [2.05, 4.69) is 10.3 Å². The van der Waals surface area contributed by atoms with Gasteiger partial charge in [-0.2, -0.15) is 0 Å². The van der Waals surface area contributed by atoms with E-state index in [1.54, 1.807) is 43.7 Å². The van der Waals surface area contributed by atoms with E-state index in [-0.39, 0.29) is 11.8 Å². The third-order valence-electron chi connectivity index (χ3n) is 3.89. The zero-order valence-corrected chi connectivity index (χ0v) is 16.5. The lowest BCUT2D eigenvalue weighted by molar-refractivity contribution is 0.0827. The molecule has 1 aromatic heterocycles. The maximum atomic E-state index is 12.3. The molecule has 0 unspecified atom stereocenters. The van der Waals surface area contributed by atoms with Crippen molar-refractivity contribution in [1.29, 1.82) is 0 Å². The highest BCUT2D eigenvalue weighted by Gasteiger charge is 2.12. The molecule has 1 heterocycles. The molecular weight excluding hydrogens is 382 g/mol. The van der Waals surface area contributed by atoms with Crippen LogP contribution in [0.25, 0.3) is 10.6 Å². The number of aromatic nitrogens is 1. The maximum absolute atomic E-state index is 12.3. The van der Waals surface area contributed by atoms with Gasteiger partial charge in [0.15, 0.2) is 0 Å². The standard InChI is InChI=1S/C20H18ClN3O2S/c1-24(2)20(26)15-5-3-13(4-6-15)11-22-18(25)17-12-27-19(23-17)14-7-9-16(21)10-8-14/h3-10,12H,11H2,1-2H3,(H,22,25). The summed E-state index contributed by atoms with van der Waals surface area (Å²) in [6.07, 6.45) is 0. The number of rotatable bonds is 5. The van der Waals surface area contributed by atoms with E-state index in [0.717, 1.165) is 16.1 Å². The molecule has 7 heteroatoms. The minimum absolute atomic E-state index is 0.0530. The summed E-state index contributed by atoms with van der Waals surface area (Å²) in [7, 11) is 3.42. The monoisotopic (exact) mass is 399 g/mol. The van der Waals surface area contributed by atoms with Gasteiger partial charge in [-0.3, -0.25) is 9.59 Å². The van der Waals surface area contributed by atoms with Gasteiger partial charge in [-0.1, -0.05) is 35.9 Å². The van der Waals surface area contributed by atoms with Crippen LogP contribution in [-0.2, 0) is 6.54 Å². The number of thiazole rings is 1. The van der Waals surface area contributed by atoms with Gasteiger partial charge in [-0.05, 0) is 29.8 Å². The zero-order valence-electron chi connectivity index (χ0n) is 14.9. The van der Waals surface area contributed by atoms with Crippen molar-refractivity contribution >= 4 is 34.8 Å². The lowest BCUT2D eigenvalue weighted by atomic mass is 10.1. The number of nitrogens with zero attached hydrogens (tertiary/aromatic N) is 2. The molecule has 0 saturated heterocycles. The molecule has 2 aromatic carbocycles. The Morgan fingerprint density at radius 1 is 1.07 bits per heavy atom. The van der Waals surface area contributed by atoms with Crippen LogP contribution in [0.3, 0.4) is 0 Å². The van der Waals surface area contributed by atoms with Crippen LogP contribution in [0.1, 0.15) is 26.4 Å². The van der Waals surface area contributed by atoms with Gasteiger partial charge < -0.3 is 10.2 Å². The van der Waals surface area contributed by atoms with Crippen LogP contribution in [0.5, 0.6) is 0 Å². The van der Waals surface area contributed by atoms with E-state index in [4.69, 9.17) is 11.6 Å². The second-order valence-electron chi connectivity index (χ2n) is 6.12. The summed E-state index contributed by atoms with van der Waals surface area (Å²) in [5.41, 5.74) is 2.82. The fraction of sp³-hybridized carbons (Fsp3) is 0.150. The summed E-state index contributed by atoms with van der Waals surface area (Å²) in [6, 6.07) is 14.5. The molecule has 27 heavy (non-hydrogen) atoms. The Labute approximate surface area is 166 Å². The normalized spacial score (nSPS) is 10.5. The van der Waals surface area contributed by atoms with E-state index in [1.807, 2.05) is 24.3 Å². The van der Waals surface area contributed by atoms with E-state index >= 15 is 0 Å². The number of carbonyl (C=O) groups excluding carboxylic acids is 2. The average Bonchev–Trinajstić information content (AvgIpc) is 3.16. The summed E-state index contributed by atoms with van der Waals surface area (Å²) < 4.78 is 0. The zero-order chi connectivity index (χ0) is 19.4. The topological polar surface area (TPSA) is 62.3 Å². The minimum atomic E-state index is -0.236. The predicted octanol–water partition coefficient (Wildman–Crippen LogP) is 4.10. The second-order valence-corrected chi connectivity index (χ2v) is 7.42. The Morgan fingerprint density at radius 2 is 1.74 bits per heavy atom. The summed E-state index contributed by atoms with van der Waals surface area (Å²) in [5.74, 6) is -0.289. The third-order valence-corrected chi connectivity index (χ3v) is 5.03. The van der Waals surface area contributed by atoms with Gasteiger partial charge in [0.05, 0.1) is 0 Å². The Morgan fingerprint density at radius 3 is 2.37 bits per heavy atom. The van der Waals surface area contributed by atoms with Crippen LogP contribution >= 0.6 is 22.9 Å². The van der Waals surface area contributed by atoms with Crippen molar-refractivity contribution in [3.8, 4) is 10.6 Å². The number of nitrogens with one attached hydrogen (secondary N) is 1. The quantitative estimate of drug-likeness (QED) is 0.702. The highest BCUT2D eigenvalue weighted by molar-refractivity contribution is 7.13. The summed E-state index contributed by atoms with van der Waals surface area (Å²) >= 11 is 7.30. The lowest BCUT2D eigenvalue weighted by Crippen LogP contribution is -2.23. The molecule has 0 fully saturated rings. The highest BCUT2D eigenvalue weighted by Crippen LogP contribution is 2.25. The molecule has 1 N–H and O–H groups in total. The van der Waals surface area contributed by atoms with Crippen LogP contribution in [0.15, 0.2) is 53.9 Å². The van der Waals surface area contributed by atoms with Gasteiger partial charge in [-0.25, -0.2) is 4.98 Å². The first-order valence-corrected chi connectivity index (χ1v) is 9.50. The number of amides is 2. The first-order chi connectivity index (χ1) is 12.9. The highest BCUT2D eigenvalue weighted by atomic mass is 35.5. The van der Waals surface area contributed by atoms with E-state index < -0.39 is 0 Å². The van der Waals surface area contributed by atoms with Gasteiger partial charge in [0.2, 0.25) is 0 Å². The number of benzene rings is 2. The first kappa shape index (κ1) is 19.1. The molecule has 0 saturated carbocycles. The molecule has 3 aromatic rings. The Kier molecular flexibility index (Phi) is 5.88. The molecule has 0 aliphatic rings. The van der Waals surface area contributed by atoms with Crippen molar-refractivity contribution in [1.82, 2.24) is 15.2 Å². The van der Waals surface area contributed by atoms with Crippen molar-refractivity contribution in [2.75, 3.05) is 14.1 Å². The molecule has 2 amide bonds. The minimum Gasteiger partial charge on any atom is -0.347 e. The molecule has 0 aliphatic heterocycles. The van der Waals surface area contributed by atoms with Crippen molar-refractivity contribution in [3.05, 3.63) is 75.8 Å². The summed E-state index contributed by atoms with van der Waals surface area (Å²) in [6.45, 7) is 0.364. The van der Waals surface area contributed by atoms with Crippen LogP contribution < -0.4 is 5.32 Å². The smallest absolute Gasteiger partial charge is 0.271 e. The van der Waals surface area contributed by atoms with Crippen LogP contribution in [0.2, 0.25) is 5.02 Å². The molecule has 0 bridgehead atoms. The Bertz CT molecular complexity index is 950. The van der Waals surface area contributed by atoms with Gasteiger partial charge in [0, 0.05) is 42.2 Å². The van der Waals surface area contributed by atoms with E-state index in [1.165, 1.54) is 16.2 Å². The lowest BCUT2D eigenvalue weighted by Gasteiger charge is -2.10. The molecule has 0 spiro atoms. The van der Waals surface area contributed by atoms with Crippen molar-refractivity contribution < 1.29 is 9.59 Å². The molecular formula is C20H18ClN3O2S. The average molecular weight is 400 g/mol. The maximum Gasteiger partial charge on any atom is 0.271 e. The van der Waals surface area contributed by atoms with Crippen LogP contribution in [0, 0.1) is 0 Å². The fourth-order valence-electron chi connectivity index (χ4n) is 2.40. The molecule has 0 aliphatic carbocycles. The van der Waals surface area contributed by atoms with Gasteiger partial charge in [0.25, 0.3) is 11.8 Å². The van der Waals surface area contributed by atoms with Gasteiger partial charge in [0.1, 0.15) is 10.7 Å². The van der Waals surface area contributed by atoms with Crippen molar-refractivity contribution in [2.45, 2.75) is 6.54 Å². The molecule has 0 radical (unpaired) electrons. The van der Waals surface area contributed by atoms with Crippen molar-refractivity contribution in [3.63, 3.8) is 0 Å². The molecule has 0 atom stereocenters. The Balaban J connectivity index is 1.61. The summed E-state index contributed by atoms with van der Waals surface area (Å²) in [5, 5.41) is 6.01. The van der Waals surface area contributed by atoms with Crippen LogP contribution in [0.4, 0.5) is 0 Å². The van der Waals surface area contributed by atoms with E-state index in [0.29, 0.717) is 22.8 Å². The number of halogens is 1.